The monoisotopic (exact) mass is 453 g/mol. The van der Waals surface area contributed by atoms with E-state index in [-0.39, 0.29) is 27.3 Å². The summed E-state index contributed by atoms with van der Waals surface area (Å²) in [6.07, 6.45) is 3.88. The van der Waals surface area contributed by atoms with E-state index in [0.29, 0.717) is 31.0 Å². The van der Waals surface area contributed by atoms with Crippen LogP contribution in [-0.2, 0) is 19.6 Å². The van der Waals surface area contributed by atoms with E-state index in [9.17, 15) is 18.0 Å². The smallest absolute Gasteiger partial charge is 0.248 e. The van der Waals surface area contributed by atoms with E-state index in [2.05, 4.69) is 5.32 Å². The summed E-state index contributed by atoms with van der Waals surface area (Å²) in [5.41, 5.74) is 0.377. The molecule has 3 aliphatic rings. The van der Waals surface area contributed by atoms with Crippen LogP contribution < -0.4 is 10.1 Å². The molecule has 0 radical (unpaired) electrons. The van der Waals surface area contributed by atoms with Crippen LogP contribution in [0.1, 0.15) is 39.0 Å². The van der Waals surface area contributed by atoms with Crippen LogP contribution in [0, 0.1) is 0 Å². The molecular weight excluding hydrogens is 426 g/mol. The van der Waals surface area contributed by atoms with Gasteiger partial charge in [0.15, 0.2) is 0 Å². The maximum atomic E-state index is 13.2. The zero-order chi connectivity index (χ0) is 21.5. The number of fused-ring (bicyclic) bond motifs is 1. The van der Waals surface area contributed by atoms with Crippen molar-refractivity contribution in [2.75, 3.05) is 31.3 Å². The van der Waals surface area contributed by atoms with Gasteiger partial charge in [0.05, 0.1) is 12.0 Å². The Hall–Kier alpha value is -1.78. The molecule has 3 aliphatic heterocycles. The minimum Gasteiger partial charge on any atom is -0.495 e. The Bertz CT molecular complexity index is 961. The average Bonchev–Trinajstić information content (AvgIpc) is 3.24. The standard InChI is InChI=1S/C20H27N3O5S2/c1-20-9-8-18(24)23(20)15(13-29-20)19(25)21-14-6-7-16(28-2)17(12-14)30(26,27)22-10-4-3-5-11-22/h6-7,12,15H,3-5,8-11,13H2,1-2H3,(H,21,25). The Morgan fingerprint density at radius 3 is 2.70 bits per heavy atom. The van der Waals surface area contributed by atoms with Crippen LogP contribution in [0.15, 0.2) is 23.1 Å². The number of benzene rings is 1. The quantitative estimate of drug-likeness (QED) is 0.735. The fraction of sp³-hybridized carbons (Fsp3) is 0.600. The van der Waals surface area contributed by atoms with Gasteiger partial charge in [-0.15, -0.1) is 11.8 Å². The molecule has 0 spiro atoms. The Kier molecular flexibility index (Phi) is 5.75. The lowest BCUT2D eigenvalue weighted by atomic mass is 10.2. The van der Waals surface area contributed by atoms with Crippen LogP contribution in [0.3, 0.4) is 0 Å². The maximum Gasteiger partial charge on any atom is 0.248 e. The van der Waals surface area contributed by atoms with Crippen LogP contribution in [0.4, 0.5) is 5.69 Å². The second-order valence-corrected chi connectivity index (χ2v) is 11.5. The minimum absolute atomic E-state index is 0.00857. The van der Waals surface area contributed by atoms with Crippen LogP contribution in [0.2, 0.25) is 0 Å². The van der Waals surface area contributed by atoms with E-state index in [1.54, 1.807) is 28.8 Å². The molecule has 1 N–H and O–H groups in total. The van der Waals surface area contributed by atoms with E-state index < -0.39 is 16.1 Å². The van der Waals surface area contributed by atoms with Gasteiger partial charge in [0, 0.05) is 31.0 Å². The molecule has 30 heavy (non-hydrogen) atoms. The van der Waals surface area contributed by atoms with Crippen LogP contribution in [0.5, 0.6) is 5.75 Å². The SMILES string of the molecule is COc1ccc(NC(=O)C2CSC3(C)CCC(=O)N23)cc1S(=O)(=O)N1CCCCC1. The fourth-order valence-electron chi connectivity index (χ4n) is 4.44. The lowest BCUT2D eigenvalue weighted by molar-refractivity contribution is -0.135. The Morgan fingerprint density at radius 2 is 2.00 bits per heavy atom. The van der Waals surface area contributed by atoms with Crippen molar-refractivity contribution < 1.29 is 22.7 Å². The third-order valence-corrected chi connectivity index (χ3v) is 9.54. The molecule has 10 heteroatoms. The van der Waals surface area contributed by atoms with Crippen molar-refractivity contribution >= 4 is 39.3 Å². The minimum atomic E-state index is -3.73. The maximum absolute atomic E-state index is 13.2. The highest BCUT2D eigenvalue weighted by Gasteiger charge is 2.52. The van der Waals surface area contributed by atoms with E-state index in [1.165, 1.54) is 17.5 Å². The number of amides is 2. The van der Waals surface area contributed by atoms with Crippen molar-refractivity contribution in [3.8, 4) is 5.75 Å². The number of anilines is 1. The molecule has 0 bridgehead atoms. The van der Waals surface area contributed by atoms with Gasteiger partial charge in [-0.2, -0.15) is 4.31 Å². The number of nitrogens with one attached hydrogen (secondary N) is 1. The van der Waals surface area contributed by atoms with Crippen molar-refractivity contribution in [1.29, 1.82) is 0 Å². The highest BCUT2D eigenvalue weighted by Crippen LogP contribution is 2.47. The van der Waals surface area contributed by atoms with Crippen LogP contribution in [-0.4, -0.2) is 66.3 Å². The molecular formula is C20H27N3O5S2. The molecule has 164 valence electrons. The lowest BCUT2D eigenvalue weighted by Crippen LogP contribution is -2.48. The zero-order valence-electron chi connectivity index (χ0n) is 17.2. The summed E-state index contributed by atoms with van der Waals surface area (Å²) in [6.45, 7) is 2.96. The van der Waals surface area contributed by atoms with Gasteiger partial charge in [-0.25, -0.2) is 8.42 Å². The molecule has 0 aliphatic carbocycles. The van der Waals surface area contributed by atoms with E-state index in [0.717, 1.165) is 25.7 Å². The number of sulfonamides is 1. The summed E-state index contributed by atoms with van der Waals surface area (Å²) in [7, 11) is -2.30. The van der Waals surface area contributed by atoms with Gasteiger partial charge in [0.25, 0.3) is 0 Å². The summed E-state index contributed by atoms with van der Waals surface area (Å²) in [4.78, 5) is 26.7. The molecule has 0 aromatic heterocycles. The number of carbonyl (C=O) groups is 2. The van der Waals surface area contributed by atoms with Crippen molar-refractivity contribution in [3.05, 3.63) is 18.2 Å². The number of ether oxygens (including phenoxy) is 1. The number of rotatable bonds is 5. The fourth-order valence-corrected chi connectivity index (χ4v) is 7.57. The van der Waals surface area contributed by atoms with Crippen molar-refractivity contribution in [2.45, 2.75) is 54.8 Å². The molecule has 2 amide bonds. The molecule has 1 aromatic rings. The van der Waals surface area contributed by atoms with E-state index >= 15 is 0 Å². The van der Waals surface area contributed by atoms with E-state index in [4.69, 9.17) is 4.74 Å². The second kappa shape index (κ2) is 8.05. The third kappa shape index (κ3) is 3.69. The Balaban J connectivity index is 1.58. The highest BCUT2D eigenvalue weighted by molar-refractivity contribution is 8.01. The van der Waals surface area contributed by atoms with Crippen molar-refractivity contribution in [1.82, 2.24) is 9.21 Å². The first-order valence-corrected chi connectivity index (χ1v) is 12.6. The molecule has 8 nitrogen and oxygen atoms in total. The Morgan fingerprint density at radius 1 is 1.27 bits per heavy atom. The number of carbonyl (C=O) groups excluding carboxylic acids is 2. The molecule has 1 aromatic carbocycles. The first-order valence-electron chi connectivity index (χ1n) is 10.2. The number of hydrogen-bond donors (Lipinski definition) is 1. The molecule has 3 saturated heterocycles. The van der Waals surface area contributed by atoms with Gasteiger partial charge in [0.2, 0.25) is 21.8 Å². The third-order valence-electron chi connectivity index (χ3n) is 6.11. The molecule has 2 atom stereocenters. The largest absolute Gasteiger partial charge is 0.495 e. The van der Waals surface area contributed by atoms with Gasteiger partial charge >= 0.3 is 0 Å². The van der Waals surface area contributed by atoms with Gasteiger partial charge in [0.1, 0.15) is 16.7 Å². The predicted octanol–water partition coefficient (Wildman–Crippen LogP) is 2.26. The first kappa shape index (κ1) is 21.5. The molecule has 2 unspecified atom stereocenters. The number of nitrogens with zero attached hydrogens (tertiary/aromatic N) is 2. The summed E-state index contributed by atoms with van der Waals surface area (Å²) >= 11 is 1.62. The highest BCUT2D eigenvalue weighted by atomic mass is 32.2. The van der Waals surface area contributed by atoms with Crippen molar-refractivity contribution in [2.24, 2.45) is 0 Å². The van der Waals surface area contributed by atoms with Gasteiger partial charge < -0.3 is 15.0 Å². The summed E-state index contributed by atoms with van der Waals surface area (Å²) in [6, 6.07) is 4.08. The zero-order valence-corrected chi connectivity index (χ0v) is 18.9. The predicted molar refractivity (Wildman–Crippen MR) is 115 cm³/mol. The number of hydrogen-bond acceptors (Lipinski definition) is 6. The van der Waals surface area contributed by atoms with Crippen LogP contribution >= 0.6 is 11.8 Å². The van der Waals surface area contributed by atoms with Gasteiger partial charge in [-0.3, -0.25) is 9.59 Å². The molecule has 0 saturated carbocycles. The molecule has 4 rings (SSSR count). The normalized spacial score (nSPS) is 27.2. The Labute approximate surface area is 181 Å². The van der Waals surface area contributed by atoms with Gasteiger partial charge in [-0.1, -0.05) is 6.42 Å². The molecule has 3 heterocycles. The number of thioether (sulfide) groups is 1. The number of methoxy groups -OCH3 is 1. The lowest BCUT2D eigenvalue weighted by Gasteiger charge is -2.30. The van der Waals surface area contributed by atoms with Crippen molar-refractivity contribution in [3.63, 3.8) is 0 Å². The molecule has 3 fully saturated rings. The summed E-state index contributed by atoms with van der Waals surface area (Å²) < 4.78 is 33.1. The van der Waals surface area contributed by atoms with E-state index in [1.807, 2.05) is 6.92 Å². The second-order valence-electron chi connectivity index (χ2n) is 8.09. The number of piperidine rings is 1. The van der Waals surface area contributed by atoms with Gasteiger partial charge in [-0.05, 0) is 44.4 Å². The first-order chi connectivity index (χ1) is 14.3. The summed E-state index contributed by atoms with van der Waals surface area (Å²) in [5.74, 6) is 0.472. The topological polar surface area (TPSA) is 96.0 Å². The average molecular weight is 454 g/mol. The summed E-state index contributed by atoms with van der Waals surface area (Å²) in [5, 5.41) is 2.82. The van der Waals surface area contributed by atoms with Crippen LogP contribution in [0.25, 0.3) is 0 Å².